The third kappa shape index (κ3) is 4.19. The van der Waals surface area contributed by atoms with Crippen LogP contribution in [0.3, 0.4) is 0 Å². The summed E-state index contributed by atoms with van der Waals surface area (Å²) in [6.45, 7) is 3.21. The van der Waals surface area contributed by atoms with Gasteiger partial charge in [0.1, 0.15) is 11.5 Å². The highest BCUT2D eigenvalue weighted by Crippen LogP contribution is 2.29. The number of nitro benzene ring substituents is 1. The van der Waals surface area contributed by atoms with Crippen LogP contribution in [0.2, 0.25) is 0 Å². The molecule has 126 valence electrons. The van der Waals surface area contributed by atoms with Crippen molar-refractivity contribution in [2.75, 3.05) is 25.0 Å². The molecule has 3 rings (SSSR count). The highest BCUT2D eigenvalue weighted by atomic mass is 19.1. The van der Waals surface area contributed by atoms with Crippen LogP contribution in [0.5, 0.6) is 0 Å². The van der Waals surface area contributed by atoms with Gasteiger partial charge in [-0.15, -0.1) is 0 Å². The molecule has 23 heavy (non-hydrogen) atoms. The highest BCUT2D eigenvalue weighted by Gasteiger charge is 2.25. The van der Waals surface area contributed by atoms with Crippen molar-refractivity contribution in [3.8, 4) is 0 Å². The fourth-order valence-electron chi connectivity index (χ4n) is 3.82. The van der Waals surface area contributed by atoms with E-state index in [4.69, 9.17) is 0 Å². The smallest absolute Gasteiger partial charge is 0.292 e. The summed E-state index contributed by atoms with van der Waals surface area (Å²) in [5.41, 5.74) is 0.240. The summed E-state index contributed by atoms with van der Waals surface area (Å²) in [6, 6.07) is 3.76. The van der Waals surface area contributed by atoms with Gasteiger partial charge in [0.25, 0.3) is 5.69 Å². The van der Waals surface area contributed by atoms with E-state index < -0.39 is 10.7 Å². The van der Waals surface area contributed by atoms with E-state index in [-0.39, 0.29) is 11.7 Å². The Labute approximate surface area is 136 Å². The second kappa shape index (κ2) is 7.25. The minimum absolute atomic E-state index is 0.0558. The Kier molecular flexibility index (Phi) is 5.10. The standard InChI is InChI=1S/C17H24FN3O2/c18-14-5-6-17(21(22)23)16(11-14)19-15-7-9-20(10-8-15)12-13-3-1-2-4-13/h5-6,11,13,15,19H,1-4,7-10,12H2. The van der Waals surface area contributed by atoms with E-state index in [1.165, 1.54) is 44.4 Å². The molecule has 1 aliphatic carbocycles. The maximum Gasteiger partial charge on any atom is 0.292 e. The van der Waals surface area contributed by atoms with Crippen molar-refractivity contribution in [3.05, 3.63) is 34.1 Å². The van der Waals surface area contributed by atoms with E-state index in [1.807, 2.05) is 0 Å². The summed E-state index contributed by atoms with van der Waals surface area (Å²) >= 11 is 0. The third-order valence-corrected chi connectivity index (χ3v) is 5.09. The predicted molar refractivity (Wildman–Crippen MR) is 88.1 cm³/mol. The second-order valence-corrected chi connectivity index (χ2v) is 6.79. The fraction of sp³-hybridized carbons (Fsp3) is 0.647. The molecule has 6 heteroatoms. The summed E-state index contributed by atoms with van der Waals surface area (Å²) in [7, 11) is 0. The molecule has 2 fully saturated rings. The van der Waals surface area contributed by atoms with Crippen LogP contribution in [0.4, 0.5) is 15.8 Å². The molecule has 5 nitrogen and oxygen atoms in total. The Morgan fingerprint density at radius 1 is 1.22 bits per heavy atom. The molecule has 0 spiro atoms. The Morgan fingerprint density at radius 3 is 2.57 bits per heavy atom. The lowest BCUT2D eigenvalue weighted by atomic mass is 10.0. The molecule has 1 aromatic carbocycles. The lowest BCUT2D eigenvalue weighted by Crippen LogP contribution is -2.41. The molecule has 2 aliphatic rings. The van der Waals surface area contributed by atoms with Crippen molar-refractivity contribution in [1.82, 2.24) is 4.90 Å². The van der Waals surface area contributed by atoms with Crippen molar-refractivity contribution < 1.29 is 9.31 Å². The first-order valence-corrected chi connectivity index (χ1v) is 8.54. The largest absolute Gasteiger partial charge is 0.377 e. The molecule has 0 unspecified atom stereocenters. The van der Waals surface area contributed by atoms with Crippen molar-refractivity contribution >= 4 is 11.4 Å². The number of hydrogen-bond donors (Lipinski definition) is 1. The molecular formula is C17H24FN3O2. The average molecular weight is 321 g/mol. The van der Waals surface area contributed by atoms with E-state index in [1.54, 1.807) is 0 Å². The van der Waals surface area contributed by atoms with E-state index >= 15 is 0 Å². The minimum Gasteiger partial charge on any atom is -0.377 e. The monoisotopic (exact) mass is 321 g/mol. The van der Waals surface area contributed by atoms with Crippen LogP contribution in [0.1, 0.15) is 38.5 Å². The van der Waals surface area contributed by atoms with Gasteiger partial charge < -0.3 is 10.2 Å². The van der Waals surface area contributed by atoms with Crippen LogP contribution in [-0.4, -0.2) is 35.5 Å². The van der Waals surface area contributed by atoms with Gasteiger partial charge in [0.15, 0.2) is 0 Å². The molecule has 1 saturated carbocycles. The minimum atomic E-state index is -0.461. The number of nitro groups is 1. The van der Waals surface area contributed by atoms with Gasteiger partial charge in [-0.05, 0) is 37.7 Å². The molecule has 0 aromatic heterocycles. The molecule has 1 N–H and O–H groups in total. The Morgan fingerprint density at radius 2 is 1.91 bits per heavy atom. The predicted octanol–water partition coefficient (Wildman–Crippen LogP) is 3.80. The number of benzene rings is 1. The van der Waals surface area contributed by atoms with E-state index in [0.29, 0.717) is 5.69 Å². The molecular weight excluding hydrogens is 297 g/mol. The van der Waals surface area contributed by atoms with Crippen LogP contribution < -0.4 is 5.32 Å². The number of anilines is 1. The van der Waals surface area contributed by atoms with Crippen LogP contribution in [-0.2, 0) is 0 Å². The van der Waals surface area contributed by atoms with Crippen LogP contribution in [0.15, 0.2) is 18.2 Å². The van der Waals surface area contributed by atoms with Gasteiger partial charge in [0.05, 0.1) is 4.92 Å². The van der Waals surface area contributed by atoms with E-state index in [9.17, 15) is 14.5 Å². The lowest BCUT2D eigenvalue weighted by Gasteiger charge is -2.34. The summed E-state index contributed by atoms with van der Waals surface area (Å²) in [5.74, 6) is 0.403. The number of piperidine rings is 1. The first-order valence-electron chi connectivity index (χ1n) is 8.54. The van der Waals surface area contributed by atoms with Crippen LogP contribution in [0, 0.1) is 21.8 Å². The molecule has 0 bridgehead atoms. The van der Waals surface area contributed by atoms with Gasteiger partial charge in [-0.25, -0.2) is 4.39 Å². The maximum absolute atomic E-state index is 13.4. The third-order valence-electron chi connectivity index (χ3n) is 5.09. The van der Waals surface area contributed by atoms with Gasteiger partial charge in [-0.2, -0.15) is 0 Å². The van der Waals surface area contributed by atoms with Gasteiger partial charge >= 0.3 is 0 Å². The molecule has 1 heterocycles. The lowest BCUT2D eigenvalue weighted by molar-refractivity contribution is -0.384. The molecule has 0 radical (unpaired) electrons. The van der Waals surface area contributed by atoms with Crippen LogP contribution >= 0.6 is 0 Å². The maximum atomic E-state index is 13.4. The number of nitrogens with one attached hydrogen (secondary N) is 1. The van der Waals surface area contributed by atoms with Crippen molar-refractivity contribution in [1.29, 1.82) is 0 Å². The number of likely N-dealkylation sites (tertiary alicyclic amines) is 1. The Bertz CT molecular complexity index is 553. The summed E-state index contributed by atoms with van der Waals surface area (Å²) < 4.78 is 13.4. The van der Waals surface area contributed by atoms with Gasteiger partial charge in [-0.1, -0.05) is 12.8 Å². The number of rotatable bonds is 5. The summed E-state index contributed by atoms with van der Waals surface area (Å²) in [6.07, 6.45) is 7.33. The van der Waals surface area contributed by atoms with Gasteiger partial charge in [-0.3, -0.25) is 10.1 Å². The molecule has 0 atom stereocenters. The molecule has 1 saturated heterocycles. The van der Waals surface area contributed by atoms with Crippen molar-refractivity contribution in [2.45, 2.75) is 44.6 Å². The second-order valence-electron chi connectivity index (χ2n) is 6.79. The number of hydrogen-bond acceptors (Lipinski definition) is 4. The number of halogens is 1. The highest BCUT2D eigenvalue weighted by molar-refractivity contribution is 5.61. The quantitative estimate of drug-likeness (QED) is 0.662. The summed E-state index contributed by atoms with van der Waals surface area (Å²) in [4.78, 5) is 13.1. The topological polar surface area (TPSA) is 58.4 Å². The SMILES string of the molecule is O=[N+]([O-])c1ccc(F)cc1NC1CCN(CC2CCCC2)CC1. The zero-order valence-corrected chi connectivity index (χ0v) is 13.3. The fourth-order valence-corrected chi connectivity index (χ4v) is 3.82. The van der Waals surface area contributed by atoms with Crippen molar-refractivity contribution in [2.24, 2.45) is 5.92 Å². The van der Waals surface area contributed by atoms with Crippen molar-refractivity contribution in [3.63, 3.8) is 0 Å². The zero-order valence-electron chi connectivity index (χ0n) is 13.3. The average Bonchev–Trinajstić information content (AvgIpc) is 3.02. The van der Waals surface area contributed by atoms with E-state index in [0.717, 1.165) is 37.9 Å². The molecule has 1 aliphatic heterocycles. The normalized spacial score (nSPS) is 20.7. The van der Waals surface area contributed by atoms with Crippen LogP contribution in [0.25, 0.3) is 0 Å². The zero-order chi connectivity index (χ0) is 16.2. The Balaban J connectivity index is 1.54. The Hall–Kier alpha value is -1.69. The molecule has 0 amide bonds. The van der Waals surface area contributed by atoms with E-state index in [2.05, 4.69) is 10.2 Å². The van der Waals surface area contributed by atoms with Gasteiger partial charge in [0.2, 0.25) is 0 Å². The summed E-state index contributed by atoms with van der Waals surface area (Å²) in [5, 5.41) is 14.2. The first-order chi connectivity index (χ1) is 11.1. The van der Waals surface area contributed by atoms with Gasteiger partial charge in [0, 0.05) is 37.8 Å². The number of nitrogens with zero attached hydrogens (tertiary/aromatic N) is 2. The molecule has 1 aromatic rings. The first kappa shape index (κ1) is 16.2.